The summed E-state index contributed by atoms with van der Waals surface area (Å²) in [6, 6.07) is 7.65. The Bertz CT molecular complexity index is 829. The molecule has 1 atom stereocenters. The van der Waals surface area contributed by atoms with E-state index in [0.717, 1.165) is 0 Å². The number of amides is 1. The van der Waals surface area contributed by atoms with Crippen molar-refractivity contribution in [2.75, 3.05) is 11.5 Å². The summed E-state index contributed by atoms with van der Waals surface area (Å²) in [5, 5.41) is 0.700. The molecular formula is C16H15Cl2NO4S. The van der Waals surface area contributed by atoms with Crippen LogP contribution in [0, 0.1) is 0 Å². The molecule has 8 heteroatoms. The maximum Gasteiger partial charge on any atom is 0.254 e. The Hall–Kier alpha value is -1.50. The highest BCUT2D eigenvalue weighted by molar-refractivity contribution is 7.91. The highest BCUT2D eigenvalue weighted by Crippen LogP contribution is 2.25. The molecule has 1 unspecified atom stereocenters. The van der Waals surface area contributed by atoms with Crippen molar-refractivity contribution in [2.24, 2.45) is 0 Å². The zero-order chi connectivity index (χ0) is 17.3. The van der Waals surface area contributed by atoms with Crippen molar-refractivity contribution in [3.05, 3.63) is 58.0 Å². The molecule has 128 valence electrons. The zero-order valence-corrected chi connectivity index (χ0v) is 14.9. The van der Waals surface area contributed by atoms with Crippen LogP contribution in [0.15, 0.2) is 41.0 Å². The summed E-state index contributed by atoms with van der Waals surface area (Å²) in [6.45, 7) is 0.191. The molecule has 24 heavy (non-hydrogen) atoms. The van der Waals surface area contributed by atoms with Crippen molar-refractivity contribution in [1.29, 1.82) is 0 Å². The molecule has 1 aromatic carbocycles. The Kier molecular flexibility index (Phi) is 4.90. The number of hydrogen-bond acceptors (Lipinski definition) is 4. The van der Waals surface area contributed by atoms with Crippen LogP contribution >= 0.6 is 23.2 Å². The van der Waals surface area contributed by atoms with Crippen LogP contribution < -0.4 is 0 Å². The second-order valence-corrected chi connectivity index (χ2v) is 8.83. The molecule has 1 aromatic heterocycles. The van der Waals surface area contributed by atoms with Crippen molar-refractivity contribution >= 4 is 38.9 Å². The molecule has 1 aliphatic rings. The summed E-state index contributed by atoms with van der Waals surface area (Å²) in [5.41, 5.74) is 0.323. The van der Waals surface area contributed by atoms with E-state index >= 15 is 0 Å². The van der Waals surface area contributed by atoms with Gasteiger partial charge in [0.2, 0.25) is 0 Å². The smallest absolute Gasteiger partial charge is 0.254 e. The molecule has 0 N–H and O–H groups in total. The number of nitrogens with zero attached hydrogens (tertiary/aromatic N) is 1. The number of halogens is 2. The van der Waals surface area contributed by atoms with Gasteiger partial charge in [0.15, 0.2) is 9.84 Å². The molecular weight excluding hydrogens is 373 g/mol. The molecule has 0 saturated carbocycles. The first-order valence-corrected chi connectivity index (χ1v) is 9.92. The zero-order valence-electron chi connectivity index (χ0n) is 12.6. The lowest BCUT2D eigenvalue weighted by atomic mass is 10.1. The van der Waals surface area contributed by atoms with Crippen LogP contribution in [0.5, 0.6) is 0 Å². The van der Waals surface area contributed by atoms with Gasteiger partial charge >= 0.3 is 0 Å². The van der Waals surface area contributed by atoms with Gasteiger partial charge in [0.25, 0.3) is 5.91 Å². The van der Waals surface area contributed by atoms with Gasteiger partial charge in [-0.25, -0.2) is 8.42 Å². The van der Waals surface area contributed by atoms with E-state index in [1.807, 2.05) is 0 Å². The molecule has 1 fully saturated rings. The van der Waals surface area contributed by atoms with Gasteiger partial charge in [-0.15, -0.1) is 0 Å². The maximum atomic E-state index is 12.9. The first-order chi connectivity index (χ1) is 11.3. The van der Waals surface area contributed by atoms with E-state index in [1.165, 1.54) is 29.4 Å². The summed E-state index contributed by atoms with van der Waals surface area (Å²) in [5.74, 6) is 0.294. The van der Waals surface area contributed by atoms with Gasteiger partial charge in [0.05, 0.1) is 24.3 Å². The first kappa shape index (κ1) is 17.3. The van der Waals surface area contributed by atoms with Crippen LogP contribution in [0.3, 0.4) is 0 Å². The Morgan fingerprint density at radius 2 is 1.96 bits per heavy atom. The standard InChI is InChI=1S/C16H15Cl2NO4S/c17-12-6-11(7-13(18)8-12)16(20)19(9-15-2-1-4-23-15)14-3-5-24(21,22)10-14/h1-2,4,6-8,14H,3,5,9-10H2. The highest BCUT2D eigenvalue weighted by Gasteiger charge is 2.35. The molecule has 0 bridgehead atoms. The normalized spacial score (nSPS) is 19.3. The number of furan rings is 1. The van der Waals surface area contributed by atoms with E-state index in [1.54, 1.807) is 12.1 Å². The maximum absolute atomic E-state index is 12.9. The summed E-state index contributed by atoms with van der Waals surface area (Å²) < 4.78 is 28.9. The number of benzene rings is 1. The van der Waals surface area contributed by atoms with E-state index in [2.05, 4.69) is 0 Å². The predicted octanol–water partition coefficient (Wildman–Crippen LogP) is 3.42. The Balaban J connectivity index is 1.92. The van der Waals surface area contributed by atoms with Gasteiger partial charge < -0.3 is 9.32 Å². The number of rotatable bonds is 4. The molecule has 5 nitrogen and oxygen atoms in total. The molecule has 1 amide bonds. The fourth-order valence-electron chi connectivity index (χ4n) is 2.80. The Morgan fingerprint density at radius 1 is 1.25 bits per heavy atom. The van der Waals surface area contributed by atoms with Crippen molar-refractivity contribution in [2.45, 2.75) is 19.0 Å². The summed E-state index contributed by atoms with van der Waals surface area (Å²) >= 11 is 12.0. The monoisotopic (exact) mass is 387 g/mol. The molecule has 1 aliphatic heterocycles. The molecule has 3 rings (SSSR count). The minimum Gasteiger partial charge on any atom is -0.467 e. The van der Waals surface area contributed by atoms with Crippen LogP contribution in [0.1, 0.15) is 22.5 Å². The van der Waals surface area contributed by atoms with Crippen molar-refractivity contribution < 1.29 is 17.6 Å². The molecule has 0 spiro atoms. The van der Waals surface area contributed by atoms with Crippen molar-refractivity contribution in [3.63, 3.8) is 0 Å². The lowest BCUT2D eigenvalue weighted by Gasteiger charge is -2.27. The van der Waals surface area contributed by atoms with E-state index < -0.39 is 15.9 Å². The topological polar surface area (TPSA) is 67.6 Å². The van der Waals surface area contributed by atoms with Crippen molar-refractivity contribution in [1.82, 2.24) is 4.90 Å². The number of sulfone groups is 1. The van der Waals surface area contributed by atoms with Crippen LogP contribution in [-0.2, 0) is 16.4 Å². The summed E-state index contributed by atoms with van der Waals surface area (Å²) in [6.07, 6.45) is 1.92. The van der Waals surface area contributed by atoms with Gasteiger partial charge in [-0.1, -0.05) is 23.2 Å². The van der Waals surface area contributed by atoms with E-state index in [9.17, 15) is 13.2 Å². The fourth-order valence-corrected chi connectivity index (χ4v) is 5.06. The van der Waals surface area contributed by atoms with Crippen LogP contribution in [0.2, 0.25) is 10.0 Å². The van der Waals surface area contributed by atoms with Gasteiger partial charge in [0, 0.05) is 21.7 Å². The third-order valence-electron chi connectivity index (χ3n) is 3.93. The molecule has 0 radical (unpaired) electrons. The average Bonchev–Trinajstić information content (AvgIpc) is 3.12. The second kappa shape index (κ2) is 6.78. The molecule has 2 aromatic rings. The SMILES string of the molecule is O=C(c1cc(Cl)cc(Cl)c1)N(Cc1ccco1)C1CCS(=O)(=O)C1. The molecule has 2 heterocycles. The highest BCUT2D eigenvalue weighted by atomic mass is 35.5. The van der Waals surface area contributed by atoms with Crippen LogP contribution in [-0.4, -0.2) is 36.8 Å². The summed E-state index contributed by atoms with van der Waals surface area (Å²) in [7, 11) is -3.13. The van der Waals surface area contributed by atoms with Gasteiger partial charge in [-0.05, 0) is 36.8 Å². The lowest BCUT2D eigenvalue weighted by Crippen LogP contribution is -2.40. The fraction of sp³-hybridized carbons (Fsp3) is 0.312. The van der Waals surface area contributed by atoms with Gasteiger partial charge in [0.1, 0.15) is 5.76 Å². The van der Waals surface area contributed by atoms with Gasteiger partial charge in [-0.3, -0.25) is 4.79 Å². The van der Waals surface area contributed by atoms with Crippen molar-refractivity contribution in [3.8, 4) is 0 Å². The van der Waals surface area contributed by atoms with Crippen LogP contribution in [0.4, 0.5) is 0 Å². The first-order valence-electron chi connectivity index (χ1n) is 7.34. The Labute approximate surface area is 150 Å². The second-order valence-electron chi connectivity index (χ2n) is 5.73. The summed E-state index contributed by atoms with van der Waals surface area (Å²) in [4.78, 5) is 14.5. The van der Waals surface area contributed by atoms with E-state index in [0.29, 0.717) is 27.8 Å². The third kappa shape index (κ3) is 3.94. The van der Waals surface area contributed by atoms with E-state index in [4.69, 9.17) is 27.6 Å². The largest absolute Gasteiger partial charge is 0.467 e. The van der Waals surface area contributed by atoms with Gasteiger partial charge in [-0.2, -0.15) is 0 Å². The molecule has 0 aliphatic carbocycles. The molecule has 1 saturated heterocycles. The number of carbonyl (C=O) groups is 1. The Morgan fingerprint density at radius 3 is 2.50 bits per heavy atom. The number of carbonyl (C=O) groups excluding carboxylic acids is 1. The predicted molar refractivity (Wildman–Crippen MR) is 92.1 cm³/mol. The lowest BCUT2D eigenvalue weighted by molar-refractivity contribution is 0.0666. The minimum absolute atomic E-state index is 0.0479. The minimum atomic E-state index is -3.13. The average molecular weight is 388 g/mol. The van der Waals surface area contributed by atoms with E-state index in [-0.39, 0.29) is 24.0 Å². The van der Waals surface area contributed by atoms with Crippen LogP contribution in [0.25, 0.3) is 0 Å². The third-order valence-corrected chi connectivity index (χ3v) is 6.11. The quantitative estimate of drug-likeness (QED) is 0.805. The number of hydrogen-bond donors (Lipinski definition) is 0.